The lowest BCUT2D eigenvalue weighted by Gasteiger charge is -2.33. The maximum atomic E-state index is 13.3. The standard InChI is InChI=1S/C32H47F2NO4/c1-8-9-12-22(4)31(39-32(35)38)25(7)30(37)24(6)16-20(2)15-23(5)29(36)21(3)13-10-11-14-26-17-27(33)19-28(34)18-26/h8-10,12-13,15,17-19,21-25,29-31,36-37H,1,11,14,16H2,2-7H3,(H2,35,38)/b12-9-,13-10-,20-15-/t21-,22-,23-,24-,25-,29-,30+,31-/m0/s1. The van der Waals surface area contributed by atoms with Crippen molar-refractivity contribution in [1.82, 2.24) is 0 Å². The molecule has 0 saturated heterocycles. The molecule has 1 amide bonds. The third kappa shape index (κ3) is 12.3. The van der Waals surface area contributed by atoms with Crippen molar-refractivity contribution in [2.24, 2.45) is 35.3 Å². The van der Waals surface area contributed by atoms with E-state index in [2.05, 4.69) is 6.58 Å². The number of benzene rings is 1. The first-order valence-electron chi connectivity index (χ1n) is 13.7. The Morgan fingerprint density at radius 1 is 1.00 bits per heavy atom. The van der Waals surface area contributed by atoms with E-state index < -0.39 is 36.0 Å². The first-order chi connectivity index (χ1) is 18.3. The number of aliphatic hydroxyl groups excluding tert-OH is 2. The Morgan fingerprint density at radius 2 is 1.62 bits per heavy atom. The minimum Gasteiger partial charge on any atom is -0.445 e. The van der Waals surface area contributed by atoms with Gasteiger partial charge < -0.3 is 20.7 Å². The summed E-state index contributed by atoms with van der Waals surface area (Å²) < 4.78 is 32.0. The summed E-state index contributed by atoms with van der Waals surface area (Å²) >= 11 is 0. The first kappa shape index (κ1) is 34.3. The highest BCUT2D eigenvalue weighted by Gasteiger charge is 2.33. The number of amides is 1. The number of ether oxygens (including phenoxy) is 1. The van der Waals surface area contributed by atoms with E-state index in [1.165, 1.54) is 12.1 Å². The highest BCUT2D eigenvalue weighted by atomic mass is 19.1. The number of aliphatic hydroxyl groups is 2. The number of halogens is 2. The second-order valence-electron chi connectivity index (χ2n) is 10.9. The molecule has 0 aliphatic heterocycles. The molecule has 39 heavy (non-hydrogen) atoms. The van der Waals surface area contributed by atoms with Crippen molar-refractivity contribution in [3.8, 4) is 0 Å². The second kappa shape index (κ2) is 17.0. The van der Waals surface area contributed by atoms with Crippen molar-refractivity contribution >= 4 is 6.09 Å². The average molecular weight is 548 g/mol. The fourth-order valence-electron chi connectivity index (χ4n) is 5.06. The summed E-state index contributed by atoms with van der Waals surface area (Å²) in [5.74, 6) is -2.06. The van der Waals surface area contributed by atoms with Crippen molar-refractivity contribution in [2.45, 2.75) is 79.1 Å². The molecule has 0 saturated carbocycles. The molecule has 0 aromatic heterocycles. The second-order valence-corrected chi connectivity index (χ2v) is 10.9. The molecule has 0 unspecified atom stereocenters. The Hall–Kier alpha value is -2.77. The van der Waals surface area contributed by atoms with Crippen molar-refractivity contribution in [1.29, 1.82) is 0 Å². The first-order valence-corrected chi connectivity index (χ1v) is 13.7. The summed E-state index contributed by atoms with van der Waals surface area (Å²) in [6, 6.07) is 3.51. The van der Waals surface area contributed by atoms with Gasteiger partial charge in [-0.2, -0.15) is 0 Å². The van der Waals surface area contributed by atoms with Crippen molar-refractivity contribution in [2.75, 3.05) is 0 Å². The fourth-order valence-corrected chi connectivity index (χ4v) is 5.06. The largest absolute Gasteiger partial charge is 0.445 e. The lowest BCUT2D eigenvalue weighted by Crippen LogP contribution is -2.41. The Balaban J connectivity index is 2.72. The minimum atomic E-state index is -0.879. The molecular formula is C32H47F2NO4. The van der Waals surface area contributed by atoms with Crippen molar-refractivity contribution < 1.29 is 28.5 Å². The quantitative estimate of drug-likeness (QED) is 0.155. The van der Waals surface area contributed by atoms with E-state index >= 15 is 0 Å². The smallest absolute Gasteiger partial charge is 0.404 e. The Labute approximate surface area is 233 Å². The van der Waals surface area contributed by atoms with Gasteiger partial charge in [0.1, 0.15) is 17.7 Å². The Morgan fingerprint density at radius 3 is 2.18 bits per heavy atom. The summed E-state index contributed by atoms with van der Waals surface area (Å²) in [4.78, 5) is 11.5. The number of hydrogen-bond acceptors (Lipinski definition) is 4. The zero-order valence-electron chi connectivity index (χ0n) is 24.2. The van der Waals surface area contributed by atoms with Crippen LogP contribution in [0.15, 0.2) is 66.8 Å². The summed E-state index contributed by atoms with van der Waals surface area (Å²) in [6.45, 7) is 15.2. The van der Waals surface area contributed by atoms with E-state index in [9.17, 15) is 23.8 Å². The lowest BCUT2D eigenvalue weighted by atomic mass is 9.81. The van der Waals surface area contributed by atoms with Crippen LogP contribution in [0.4, 0.5) is 13.6 Å². The molecule has 0 fully saturated rings. The van der Waals surface area contributed by atoms with Gasteiger partial charge in [-0.3, -0.25) is 0 Å². The molecule has 0 aliphatic rings. The zero-order chi connectivity index (χ0) is 29.7. The van der Waals surface area contributed by atoms with Crippen LogP contribution in [0.2, 0.25) is 0 Å². The van der Waals surface area contributed by atoms with Gasteiger partial charge in [0, 0.05) is 29.7 Å². The molecule has 4 N–H and O–H groups in total. The maximum Gasteiger partial charge on any atom is 0.404 e. The van der Waals surface area contributed by atoms with Crippen LogP contribution in [-0.4, -0.2) is 34.6 Å². The molecule has 1 aromatic rings. The van der Waals surface area contributed by atoms with E-state index in [4.69, 9.17) is 10.5 Å². The molecule has 0 aliphatic carbocycles. The summed E-state index contributed by atoms with van der Waals surface area (Å²) in [5, 5.41) is 21.9. The third-order valence-electron chi connectivity index (χ3n) is 7.19. The highest BCUT2D eigenvalue weighted by Crippen LogP contribution is 2.29. The summed E-state index contributed by atoms with van der Waals surface area (Å²) in [7, 11) is 0. The van der Waals surface area contributed by atoms with Gasteiger partial charge in [-0.15, -0.1) is 0 Å². The summed E-state index contributed by atoms with van der Waals surface area (Å²) in [6.07, 6.45) is 10.0. The number of rotatable bonds is 16. The van der Waals surface area contributed by atoms with Gasteiger partial charge in [0.25, 0.3) is 0 Å². The maximum absolute atomic E-state index is 13.3. The van der Waals surface area contributed by atoms with Gasteiger partial charge in [-0.25, -0.2) is 13.6 Å². The van der Waals surface area contributed by atoms with E-state index in [1.54, 1.807) is 12.2 Å². The number of carbonyl (C=O) groups excluding carboxylic acids is 1. The van der Waals surface area contributed by atoms with Crippen LogP contribution in [0.5, 0.6) is 0 Å². The molecule has 0 spiro atoms. The Bertz CT molecular complexity index is 986. The van der Waals surface area contributed by atoms with Gasteiger partial charge in [-0.05, 0) is 49.8 Å². The predicted molar refractivity (Wildman–Crippen MR) is 154 cm³/mol. The van der Waals surface area contributed by atoms with Crippen LogP contribution < -0.4 is 5.73 Å². The van der Waals surface area contributed by atoms with Crippen molar-refractivity contribution in [3.05, 3.63) is 84.0 Å². The number of allylic oxidation sites excluding steroid dienone is 4. The van der Waals surface area contributed by atoms with E-state index in [-0.39, 0.29) is 29.6 Å². The van der Waals surface area contributed by atoms with Gasteiger partial charge in [0.2, 0.25) is 0 Å². The topological polar surface area (TPSA) is 92.8 Å². The van der Waals surface area contributed by atoms with Gasteiger partial charge in [0.05, 0.1) is 12.2 Å². The summed E-state index contributed by atoms with van der Waals surface area (Å²) in [5.41, 5.74) is 6.92. The number of primary amides is 1. The number of hydrogen-bond donors (Lipinski definition) is 3. The molecule has 1 rings (SSSR count). The van der Waals surface area contributed by atoms with E-state index in [0.29, 0.717) is 24.8 Å². The molecule has 0 radical (unpaired) electrons. The molecule has 1 aromatic carbocycles. The fraction of sp³-hybridized carbons (Fsp3) is 0.531. The molecule has 0 heterocycles. The monoisotopic (exact) mass is 547 g/mol. The van der Waals surface area contributed by atoms with Crippen LogP contribution in [0, 0.1) is 41.2 Å². The molecule has 218 valence electrons. The van der Waals surface area contributed by atoms with E-state index in [1.807, 2.05) is 65.8 Å². The Kier molecular flexibility index (Phi) is 15.0. The predicted octanol–water partition coefficient (Wildman–Crippen LogP) is 6.90. The lowest BCUT2D eigenvalue weighted by molar-refractivity contribution is -0.0266. The molecule has 8 atom stereocenters. The van der Waals surface area contributed by atoms with Gasteiger partial charge >= 0.3 is 6.09 Å². The van der Waals surface area contributed by atoms with Crippen LogP contribution in [-0.2, 0) is 11.2 Å². The van der Waals surface area contributed by atoms with Gasteiger partial charge in [0.15, 0.2) is 0 Å². The molecule has 7 heteroatoms. The normalized spacial score (nSPS) is 18.8. The SMILES string of the molecule is C=C/C=C\[C@H](C)[C@H](OC(N)=O)[C@@H](C)[C@H](O)[C@@H](C)C/C(C)=C\[C@H](C)[C@@H](O)[C@@H](C)/C=C\CCc1cc(F)cc(F)c1. The van der Waals surface area contributed by atoms with Crippen molar-refractivity contribution in [3.63, 3.8) is 0 Å². The number of nitrogens with two attached hydrogens (primary N) is 1. The zero-order valence-corrected chi connectivity index (χ0v) is 24.2. The average Bonchev–Trinajstić information content (AvgIpc) is 2.85. The molecule has 0 bridgehead atoms. The number of carbonyl (C=O) groups is 1. The van der Waals surface area contributed by atoms with Gasteiger partial charge in [-0.1, -0.05) is 83.2 Å². The minimum absolute atomic E-state index is 0.117. The van der Waals surface area contributed by atoms with Crippen LogP contribution in [0.1, 0.15) is 59.9 Å². The number of aryl methyl sites for hydroxylation is 1. The van der Waals surface area contributed by atoms with Crippen LogP contribution in [0.25, 0.3) is 0 Å². The van der Waals surface area contributed by atoms with Crippen LogP contribution in [0.3, 0.4) is 0 Å². The molecular weight excluding hydrogens is 500 g/mol. The third-order valence-corrected chi connectivity index (χ3v) is 7.19. The molecule has 5 nitrogen and oxygen atoms in total. The highest BCUT2D eigenvalue weighted by molar-refractivity contribution is 5.64. The van der Waals surface area contributed by atoms with E-state index in [0.717, 1.165) is 11.6 Å². The van der Waals surface area contributed by atoms with Crippen LogP contribution >= 0.6 is 0 Å².